The van der Waals surface area contributed by atoms with Gasteiger partial charge >= 0.3 is 0 Å². The van der Waals surface area contributed by atoms with Crippen LogP contribution in [0.25, 0.3) is 10.7 Å². The van der Waals surface area contributed by atoms with Crippen LogP contribution in [0.15, 0.2) is 29.8 Å². The Morgan fingerprint density at radius 1 is 1.50 bits per heavy atom. The highest BCUT2D eigenvalue weighted by Gasteiger charge is 2.09. The number of hydroxylamine groups is 1. The molecule has 6 heteroatoms. The minimum Gasteiger partial charge on any atom is -0.277 e. The Morgan fingerprint density at radius 3 is 3.06 bits per heavy atom. The molecule has 0 saturated carbocycles. The molecule has 2 aromatic rings. The van der Waals surface area contributed by atoms with Crippen molar-refractivity contribution in [2.45, 2.75) is 0 Å². The van der Waals surface area contributed by atoms with Crippen LogP contribution in [0.3, 0.4) is 0 Å². The number of hydrogen-bond acceptors (Lipinski definition) is 5. The van der Waals surface area contributed by atoms with Crippen LogP contribution < -0.4 is 5.48 Å². The van der Waals surface area contributed by atoms with E-state index in [9.17, 15) is 4.79 Å². The van der Waals surface area contributed by atoms with E-state index in [2.05, 4.69) is 20.3 Å². The maximum absolute atomic E-state index is 11.4. The first kappa shape index (κ1) is 10.7. The van der Waals surface area contributed by atoms with E-state index in [-0.39, 0.29) is 11.6 Å². The van der Waals surface area contributed by atoms with Gasteiger partial charge in [-0.2, -0.15) is 0 Å². The van der Waals surface area contributed by atoms with Gasteiger partial charge in [-0.3, -0.25) is 9.63 Å². The van der Waals surface area contributed by atoms with Crippen LogP contribution in [-0.4, -0.2) is 23.0 Å². The van der Waals surface area contributed by atoms with Crippen molar-refractivity contribution in [3.63, 3.8) is 0 Å². The highest BCUT2D eigenvalue weighted by Crippen LogP contribution is 2.20. The smallest absolute Gasteiger partial charge is 0.277 e. The summed E-state index contributed by atoms with van der Waals surface area (Å²) in [4.78, 5) is 25.1. The summed E-state index contributed by atoms with van der Waals surface area (Å²) in [5.74, 6) is 0.154. The van der Waals surface area contributed by atoms with Gasteiger partial charge in [0.05, 0.1) is 12.0 Å². The van der Waals surface area contributed by atoms with Gasteiger partial charge in [0.1, 0.15) is 5.69 Å². The van der Waals surface area contributed by atoms with E-state index in [1.807, 2.05) is 17.5 Å². The first-order chi connectivity index (χ1) is 7.81. The molecule has 0 aromatic carbocycles. The molecule has 16 heavy (non-hydrogen) atoms. The fourth-order valence-corrected chi connectivity index (χ4v) is 1.82. The predicted molar refractivity (Wildman–Crippen MR) is 59.8 cm³/mol. The molecule has 0 spiro atoms. The third-order valence-electron chi connectivity index (χ3n) is 1.82. The highest BCUT2D eigenvalue weighted by atomic mass is 32.1. The van der Waals surface area contributed by atoms with Crippen molar-refractivity contribution in [1.29, 1.82) is 0 Å². The molecule has 1 N–H and O–H groups in total. The Morgan fingerprint density at radius 2 is 2.38 bits per heavy atom. The zero-order valence-electron chi connectivity index (χ0n) is 8.51. The molecule has 0 saturated heterocycles. The van der Waals surface area contributed by atoms with E-state index in [0.29, 0.717) is 5.82 Å². The number of nitrogens with zero attached hydrogens (tertiary/aromatic N) is 2. The summed E-state index contributed by atoms with van der Waals surface area (Å²) in [5, 5.41) is 1.93. The monoisotopic (exact) mass is 235 g/mol. The lowest BCUT2D eigenvalue weighted by Gasteiger charge is -2.02. The number of carbonyl (C=O) groups is 1. The third-order valence-corrected chi connectivity index (χ3v) is 2.69. The summed E-state index contributed by atoms with van der Waals surface area (Å²) >= 11 is 1.52. The molecule has 2 aromatic heterocycles. The standard InChI is InChI=1S/C10H9N3O2S/c1-15-13-10(14)7-4-5-11-9(12-7)8-3-2-6-16-8/h2-6H,1H3,(H,13,14). The second kappa shape index (κ2) is 4.82. The van der Waals surface area contributed by atoms with Gasteiger partial charge in [0.2, 0.25) is 0 Å². The summed E-state index contributed by atoms with van der Waals surface area (Å²) in [6.07, 6.45) is 1.55. The maximum atomic E-state index is 11.4. The minimum atomic E-state index is -0.386. The third kappa shape index (κ3) is 2.23. The molecule has 0 aliphatic carbocycles. The van der Waals surface area contributed by atoms with Gasteiger partial charge in [-0.25, -0.2) is 15.4 Å². The van der Waals surface area contributed by atoms with E-state index >= 15 is 0 Å². The maximum Gasteiger partial charge on any atom is 0.293 e. The van der Waals surface area contributed by atoms with Crippen molar-refractivity contribution in [2.24, 2.45) is 0 Å². The topological polar surface area (TPSA) is 64.1 Å². The van der Waals surface area contributed by atoms with Crippen molar-refractivity contribution >= 4 is 17.2 Å². The van der Waals surface area contributed by atoms with Gasteiger partial charge in [-0.1, -0.05) is 6.07 Å². The molecule has 0 radical (unpaired) electrons. The zero-order valence-corrected chi connectivity index (χ0v) is 9.32. The number of nitrogens with one attached hydrogen (secondary N) is 1. The minimum absolute atomic E-state index is 0.278. The van der Waals surface area contributed by atoms with Gasteiger partial charge in [-0.05, 0) is 17.5 Å². The summed E-state index contributed by atoms with van der Waals surface area (Å²) in [5.41, 5.74) is 2.49. The first-order valence-corrected chi connectivity index (χ1v) is 5.39. The Kier molecular flexibility index (Phi) is 3.23. The van der Waals surface area contributed by atoms with Crippen LogP contribution in [0.4, 0.5) is 0 Å². The first-order valence-electron chi connectivity index (χ1n) is 4.51. The molecule has 2 heterocycles. The molecule has 1 amide bonds. The van der Waals surface area contributed by atoms with E-state index < -0.39 is 0 Å². The molecular weight excluding hydrogens is 226 g/mol. The van der Waals surface area contributed by atoms with E-state index in [1.54, 1.807) is 6.20 Å². The van der Waals surface area contributed by atoms with Crippen molar-refractivity contribution in [1.82, 2.24) is 15.4 Å². The van der Waals surface area contributed by atoms with Crippen LogP contribution in [0, 0.1) is 0 Å². The molecule has 2 rings (SSSR count). The lowest BCUT2D eigenvalue weighted by Crippen LogP contribution is -2.23. The fourth-order valence-electron chi connectivity index (χ4n) is 1.15. The summed E-state index contributed by atoms with van der Waals surface area (Å²) in [6.45, 7) is 0. The summed E-state index contributed by atoms with van der Waals surface area (Å²) < 4.78 is 0. The summed E-state index contributed by atoms with van der Waals surface area (Å²) in [6, 6.07) is 5.34. The predicted octanol–water partition coefficient (Wildman–Crippen LogP) is 1.50. The average Bonchev–Trinajstić information content (AvgIpc) is 2.83. The summed E-state index contributed by atoms with van der Waals surface area (Å²) in [7, 11) is 1.37. The Labute approximate surface area is 96.1 Å². The van der Waals surface area contributed by atoms with E-state index in [4.69, 9.17) is 0 Å². The Bertz CT molecular complexity index is 485. The van der Waals surface area contributed by atoms with E-state index in [1.165, 1.54) is 24.5 Å². The second-order valence-electron chi connectivity index (χ2n) is 2.88. The van der Waals surface area contributed by atoms with Crippen LogP contribution >= 0.6 is 11.3 Å². The molecule has 0 fully saturated rings. The van der Waals surface area contributed by atoms with Crippen LogP contribution in [0.1, 0.15) is 10.5 Å². The van der Waals surface area contributed by atoms with Crippen LogP contribution in [0.2, 0.25) is 0 Å². The van der Waals surface area contributed by atoms with Gasteiger partial charge < -0.3 is 0 Å². The Balaban J connectivity index is 2.30. The molecule has 5 nitrogen and oxygen atoms in total. The van der Waals surface area contributed by atoms with Crippen molar-refractivity contribution in [2.75, 3.05) is 7.11 Å². The quantitative estimate of drug-likeness (QED) is 0.819. The molecule has 0 atom stereocenters. The second-order valence-corrected chi connectivity index (χ2v) is 3.83. The fraction of sp³-hybridized carbons (Fsp3) is 0.100. The van der Waals surface area contributed by atoms with Gasteiger partial charge in [0, 0.05) is 6.20 Å². The molecule has 0 unspecified atom stereocenters. The number of aromatic nitrogens is 2. The SMILES string of the molecule is CONC(=O)c1ccnc(-c2cccs2)n1. The molecule has 0 bridgehead atoms. The zero-order chi connectivity index (χ0) is 11.4. The van der Waals surface area contributed by atoms with Crippen molar-refractivity contribution < 1.29 is 9.63 Å². The van der Waals surface area contributed by atoms with Crippen molar-refractivity contribution in [3.8, 4) is 10.7 Å². The molecule has 0 aliphatic rings. The van der Waals surface area contributed by atoms with Gasteiger partial charge in [-0.15, -0.1) is 11.3 Å². The molecule has 0 aliphatic heterocycles. The number of carbonyl (C=O) groups excluding carboxylic acids is 1. The number of amides is 1. The lowest BCUT2D eigenvalue weighted by molar-refractivity contribution is 0.0532. The largest absolute Gasteiger partial charge is 0.293 e. The lowest BCUT2D eigenvalue weighted by atomic mass is 10.3. The number of thiophene rings is 1. The number of hydrogen-bond donors (Lipinski definition) is 1. The highest BCUT2D eigenvalue weighted by molar-refractivity contribution is 7.13. The van der Waals surface area contributed by atoms with Crippen molar-refractivity contribution in [3.05, 3.63) is 35.5 Å². The Hall–Kier alpha value is -1.79. The van der Waals surface area contributed by atoms with Gasteiger partial charge in [0.25, 0.3) is 5.91 Å². The number of rotatable bonds is 3. The molecular formula is C10H9N3O2S. The van der Waals surface area contributed by atoms with Gasteiger partial charge in [0.15, 0.2) is 5.82 Å². The van der Waals surface area contributed by atoms with E-state index in [0.717, 1.165) is 4.88 Å². The normalized spacial score (nSPS) is 10.1. The average molecular weight is 235 g/mol. The molecule has 82 valence electrons. The van der Waals surface area contributed by atoms with Crippen LogP contribution in [0.5, 0.6) is 0 Å². The van der Waals surface area contributed by atoms with Crippen LogP contribution in [-0.2, 0) is 4.84 Å².